The Labute approximate surface area is 183 Å². The molecular formula is C21H23N5O6. The molecule has 168 valence electrons. The van der Waals surface area contributed by atoms with Crippen LogP contribution in [0, 0.1) is 0 Å². The maximum atomic E-state index is 12.9. The average molecular weight is 441 g/mol. The molecule has 1 aliphatic rings. The molecule has 0 radical (unpaired) electrons. The number of piperazine rings is 1. The maximum Gasteiger partial charge on any atom is 0.361 e. The fraction of sp³-hybridized carbons (Fsp3) is 0.381. The smallest absolute Gasteiger partial charge is 0.361 e. The summed E-state index contributed by atoms with van der Waals surface area (Å²) in [6.45, 7) is 3.96. The second-order valence-electron chi connectivity index (χ2n) is 7.18. The maximum absolute atomic E-state index is 12.9. The number of hydrogen-bond acceptors (Lipinski definition) is 9. The highest BCUT2D eigenvalue weighted by molar-refractivity contribution is 5.99. The Morgan fingerprint density at radius 1 is 1.12 bits per heavy atom. The summed E-state index contributed by atoms with van der Waals surface area (Å²) in [5.74, 6) is -0.196. The Morgan fingerprint density at radius 3 is 2.50 bits per heavy atom. The number of nitrogens with zero attached hydrogens (tertiary/aromatic N) is 5. The van der Waals surface area contributed by atoms with E-state index in [2.05, 4.69) is 15.0 Å². The molecule has 11 heteroatoms. The second-order valence-corrected chi connectivity index (χ2v) is 7.18. The van der Waals surface area contributed by atoms with Crippen LogP contribution in [0.4, 0.5) is 5.69 Å². The van der Waals surface area contributed by atoms with Gasteiger partial charge in [-0.15, -0.1) is 0 Å². The van der Waals surface area contributed by atoms with Crippen molar-refractivity contribution >= 4 is 28.7 Å². The fourth-order valence-corrected chi connectivity index (χ4v) is 3.58. The number of fused-ring (bicyclic) bond motifs is 1. The van der Waals surface area contributed by atoms with Crippen molar-refractivity contribution in [3.8, 4) is 5.75 Å². The zero-order chi connectivity index (χ0) is 22.7. The third kappa shape index (κ3) is 4.13. The van der Waals surface area contributed by atoms with E-state index >= 15 is 0 Å². The number of hydrogen-bond donors (Lipinski definition) is 0. The van der Waals surface area contributed by atoms with E-state index in [9.17, 15) is 14.4 Å². The minimum absolute atomic E-state index is 0.0742. The van der Waals surface area contributed by atoms with Gasteiger partial charge in [0.2, 0.25) is 11.6 Å². The zero-order valence-corrected chi connectivity index (χ0v) is 17.8. The normalized spacial score (nSPS) is 13.9. The van der Waals surface area contributed by atoms with Crippen LogP contribution in [0.5, 0.6) is 5.75 Å². The van der Waals surface area contributed by atoms with Crippen molar-refractivity contribution in [1.82, 2.24) is 19.6 Å². The number of ether oxygens (including phenoxy) is 2. The van der Waals surface area contributed by atoms with Crippen LogP contribution in [0.3, 0.4) is 0 Å². The van der Waals surface area contributed by atoms with E-state index in [4.69, 9.17) is 14.0 Å². The topological polar surface area (TPSA) is 120 Å². The molecule has 0 bridgehead atoms. The zero-order valence-electron chi connectivity index (χ0n) is 17.8. The molecule has 11 nitrogen and oxygen atoms in total. The standard InChI is InChI=1S/C21H23N5O6/c1-3-31-21(29)18-17-19(32-23-18)22-13-26(20(17)28)12-16(27)25-10-8-24(9-11-25)14-4-6-15(30-2)7-5-14/h4-7,13H,3,8-12H2,1-2H3. The second kappa shape index (κ2) is 9.08. The lowest BCUT2D eigenvalue weighted by molar-refractivity contribution is -0.132. The summed E-state index contributed by atoms with van der Waals surface area (Å²) in [6, 6.07) is 7.77. The largest absolute Gasteiger partial charge is 0.497 e. The number of carbonyl (C=O) groups excluding carboxylic acids is 2. The van der Waals surface area contributed by atoms with Gasteiger partial charge >= 0.3 is 5.97 Å². The van der Waals surface area contributed by atoms with Crippen LogP contribution in [0.15, 0.2) is 39.9 Å². The molecule has 0 N–H and O–H groups in total. The molecule has 2 aromatic heterocycles. The monoisotopic (exact) mass is 441 g/mol. The van der Waals surface area contributed by atoms with Crippen molar-refractivity contribution in [2.75, 3.05) is 44.8 Å². The summed E-state index contributed by atoms with van der Waals surface area (Å²) in [7, 11) is 1.62. The number of methoxy groups -OCH3 is 1. The number of rotatable bonds is 6. The fourth-order valence-electron chi connectivity index (χ4n) is 3.58. The van der Waals surface area contributed by atoms with Crippen LogP contribution >= 0.6 is 0 Å². The predicted molar refractivity (Wildman–Crippen MR) is 114 cm³/mol. The Kier molecular flexibility index (Phi) is 6.06. The summed E-state index contributed by atoms with van der Waals surface area (Å²) in [5, 5.41) is 3.50. The van der Waals surface area contributed by atoms with Gasteiger partial charge < -0.3 is 23.8 Å². The third-order valence-corrected chi connectivity index (χ3v) is 5.31. The Hall–Kier alpha value is -3.89. The third-order valence-electron chi connectivity index (χ3n) is 5.31. The first-order valence-electron chi connectivity index (χ1n) is 10.2. The first-order valence-corrected chi connectivity index (χ1v) is 10.2. The molecule has 0 saturated carbocycles. The van der Waals surface area contributed by atoms with E-state index in [-0.39, 0.29) is 35.9 Å². The molecule has 0 aliphatic carbocycles. The number of anilines is 1. The quantitative estimate of drug-likeness (QED) is 0.514. The minimum atomic E-state index is -0.774. The number of amides is 1. The van der Waals surface area contributed by atoms with Crippen molar-refractivity contribution in [2.24, 2.45) is 0 Å². The van der Waals surface area contributed by atoms with E-state index in [0.29, 0.717) is 26.2 Å². The number of esters is 1. The lowest BCUT2D eigenvalue weighted by Gasteiger charge is -2.36. The van der Waals surface area contributed by atoms with Crippen LogP contribution in [-0.4, -0.2) is 71.4 Å². The molecule has 3 heterocycles. The predicted octanol–water partition coefficient (Wildman–Crippen LogP) is 0.919. The Morgan fingerprint density at radius 2 is 1.84 bits per heavy atom. The first-order chi connectivity index (χ1) is 15.5. The molecule has 1 amide bonds. The molecule has 0 atom stereocenters. The summed E-state index contributed by atoms with van der Waals surface area (Å²) < 4.78 is 16.2. The van der Waals surface area contributed by atoms with E-state index in [1.165, 1.54) is 6.33 Å². The summed E-state index contributed by atoms with van der Waals surface area (Å²) in [4.78, 5) is 45.6. The molecule has 0 spiro atoms. The molecule has 3 aromatic rings. The van der Waals surface area contributed by atoms with Gasteiger partial charge in [-0.3, -0.25) is 14.2 Å². The highest BCUT2D eigenvalue weighted by atomic mass is 16.5. The number of carbonyl (C=O) groups is 2. The Bertz CT molecular complexity index is 1180. The van der Waals surface area contributed by atoms with Gasteiger partial charge in [0.15, 0.2) is 0 Å². The lowest BCUT2D eigenvalue weighted by Crippen LogP contribution is -2.50. The molecule has 32 heavy (non-hydrogen) atoms. The van der Waals surface area contributed by atoms with Gasteiger partial charge in [0.1, 0.15) is 24.0 Å². The summed E-state index contributed by atoms with van der Waals surface area (Å²) in [5.41, 5.74) is 0.163. The molecule has 1 aromatic carbocycles. The molecule has 1 saturated heterocycles. The highest BCUT2D eigenvalue weighted by Crippen LogP contribution is 2.20. The molecule has 4 rings (SSSR count). The van der Waals surface area contributed by atoms with Crippen molar-refractivity contribution in [1.29, 1.82) is 0 Å². The van der Waals surface area contributed by atoms with Gasteiger partial charge in [-0.2, -0.15) is 0 Å². The van der Waals surface area contributed by atoms with Gasteiger partial charge in [-0.1, -0.05) is 5.16 Å². The summed E-state index contributed by atoms with van der Waals surface area (Å²) in [6.07, 6.45) is 1.22. The van der Waals surface area contributed by atoms with Crippen LogP contribution in [0.1, 0.15) is 17.4 Å². The number of benzene rings is 1. The van der Waals surface area contributed by atoms with Crippen LogP contribution in [0.25, 0.3) is 11.1 Å². The SMILES string of the molecule is CCOC(=O)c1noc2ncn(CC(=O)N3CCN(c4ccc(OC)cc4)CC3)c(=O)c12. The molecule has 1 fully saturated rings. The van der Waals surface area contributed by atoms with Crippen molar-refractivity contribution < 1.29 is 23.6 Å². The van der Waals surface area contributed by atoms with E-state index in [1.54, 1.807) is 18.9 Å². The van der Waals surface area contributed by atoms with E-state index < -0.39 is 11.5 Å². The Balaban J connectivity index is 1.44. The van der Waals surface area contributed by atoms with Gasteiger partial charge in [0, 0.05) is 31.9 Å². The van der Waals surface area contributed by atoms with Gasteiger partial charge in [0.05, 0.1) is 13.7 Å². The van der Waals surface area contributed by atoms with Crippen LogP contribution in [0.2, 0.25) is 0 Å². The lowest BCUT2D eigenvalue weighted by atomic mass is 10.2. The van der Waals surface area contributed by atoms with Gasteiger partial charge in [0.25, 0.3) is 11.3 Å². The minimum Gasteiger partial charge on any atom is -0.497 e. The van der Waals surface area contributed by atoms with Gasteiger partial charge in [-0.05, 0) is 31.2 Å². The molecule has 1 aliphatic heterocycles. The average Bonchev–Trinajstić information content (AvgIpc) is 3.26. The van der Waals surface area contributed by atoms with Crippen LogP contribution < -0.4 is 15.2 Å². The number of aromatic nitrogens is 3. The van der Waals surface area contributed by atoms with Gasteiger partial charge in [-0.25, -0.2) is 9.78 Å². The first kappa shape index (κ1) is 21.3. The van der Waals surface area contributed by atoms with Crippen LogP contribution in [-0.2, 0) is 16.1 Å². The van der Waals surface area contributed by atoms with E-state index in [1.807, 2.05) is 24.3 Å². The highest BCUT2D eigenvalue weighted by Gasteiger charge is 2.25. The van der Waals surface area contributed by atoms with E-state index in [0.717, 1.165) is 16.0 Å². The van der Waals surface area contributed by atoms with Crippen molar-refractivity contribution in [3.05, 3.63) is 46.6 Å². The summed E-state index contributed by atoms with van der Waals surface area (Å²) >= 11 is 0. The molecule has 0 unspecified atom stereocenters. The molecular weight excluding hydrogens is 418 g/mol. The van der Waals surface area contributed by atoms with Crippen molar-refractivity contribution in [3.63, 3.8) is 0 Å². The van der Waals surface area contributed by atoms with Crippen molar-refractivity contribution in [2.45, 2.75) is 13.5 Å².